The number of aliphatic imine (C=N–C) groups is 1. The minimum Gasteiger partial charge on any atom is -0.324 e. The highest BCUT2D eigenvalue weighted by atomic mass is 35.5. The molecule has 0 spiro atoms. The zero-order chi connectivity index (χ0) is 18.1. The van der Waals surface area contributed by atoms with Crippen molar-refractivity contribution < 1.29 is 4.79 Å². The molecule has 4 rings (SSSR count). The molecule has 130 valence electrons. The summed E-state index contributed by atoms with van der Waals surface area (Å²) in [6.07, 6.45) is 3.83. The fraction of sp³-hybridized carbons (Fsp3) is 0.176. The van der Waals surface area contributed by atoms with Crippen LogP contribution in [-0.4, -0.2) is 36.8 Å². The molecule has 0 aliphatic carbocycles. The first-order valence-electron chi connectivity index (χ1n) is 7.92. The molecule has 2 aromatic heterocycles. The number of carbonyl (C=O) groups excluding carboxylic acids is 1. The average Bonchev–Trinajstić information content (AvgIpc) is 3.25. The Balaban J connectivity index is 1.55. The summed E-state index contributed by atoms with van der Waals surface area (Å²) < 4.78 is 1.35. The minimum atomic E-state index is -0.237. The van der Waals surface area contributed by atoms with Crippen LogP contribution in [0.4, 0.5) is 11.5 Å². The molecule has 26 heavy (non-hydrogen) atoms. The van der Waals surface area contributed by atoms with Gasteiger partial charge in [-0.05, 0) is 41.1 Å². The Kier molecular flexibility index (Phi) is 4.18. The fourth-order valence-corrected chi connectivity index (χ4v) is 3.01. The number of carbonyl (C=O) groups is 1. The predicted molar refractivity (Wildman–Crippen MR) is 96.8 cm³/mol. The van der Waals surface area contributed by atoms with Crippen LogP contribution < -0.4 is 5.32 Å². The monoisotopic (exact) mass is 367 g/mol. The lowest BCUT2D eigenvalue weighted by Gasteiger charge is -2.09. The number of anilines is 1. The number of pyridine rings is 1. The Hall–Kier alpha value is -3.13. The average molecular weight is 368 g/mol. The second kappa shape index (κ2) is 6.64. The zero-order valence-corrected chi connectivity index (χ0v) is 14.6. The minimum absolute atomic E-state index is 0.0283. The number of nitrogens with one attached hydrogen (secondary N) is 1. The van der Waals surface area contributed by atoms with Gasteiger partial charge in [-0.25, -0.2) is 14.7 Å². The van der Waals surface area contributed by atoms with E-state index in [0.29, 0.717) is 17.1 Å². The van der Waals surface area contributed by atoms with Crippen LogP contribution in [0.15, 0.2) is 41.8 Å². The van der Waals surface area contributed by atoms with Crippen molar-refractivity contribution in [3.05, 3.63) is 58.5 Å². The van der Waals surface area contributed by atoms with Gasteiger partial charge in [0.1, 0.15) is 12.9 Å². The second-order valence-corrected chi connectivity index (χ2v) is 6.39. The summed E-state index contributed by atoms with van der Waals surface area (Å²) in [6, 6.07) is 7.38. The van der Waals surface area contributed by atoms with Crippen molar-refractivity contribution in [2.45, 2.75) is 19.9 Å². The molecule has 0 saturated heterocycles. The first-order chi connectivity index (χ1) is 12.6. The largest absolute Gasteiger partial charge is 0.324 e. The molecule has 1 aromatic carbocycles. The Morgan fingerprint density at radius 3 is 3.04 bits per heavy atom. The van der Waals surface area contributed by atoms with E-state index < -0.39 is 0 Å². The zero-order valence-electron chi connectivity index (χ0n) is 13.8. The van der Waals surface area contributed by atoms with Crippen LogP contribution in [0.3, 0.4) is 0 Å². The molecular formula is C17H14ClN7O. The first-order valence-corrected chi connectivity index (χ1v) is 8.30. The molecule has 3 heterocycles. The Labute approximate surface area is 153 Å². The SMILES string of the molecule is Cc1cnc2c(c1)CC(c1cc(NC(=O)Cn3cnnn3)ccc1Cl)=N2. The van der Waals surface area contributed by atoms with Crippen LogP contribution in [0.25, 0.3) is 0 Å². The van der Waals surface area contributed by atoms with Gasteiger partial charge in [0.2, 0.25) is 5.91 Å². The maximum Gasteiger partial charge on any atom is 0.246 e. The van der Waals surface area contributed by atoms with Crippen LogP contribution in [0.5, 0.6) is 0 Å². The van der Waals surface area contributed by atoms with Crippen LogP contribution >= 0.6 is 11.6 Å². The third-order valence-corrected chi connectivity index (χ3v) is 4.27. The van der Waals surface area contributed by atoms with Gasteiger partial charge in [0.05, 0.1) is 5.71 Å². The van der Waals surface area contributed by atoms with Gasteiger partial charge >= 0.3 is 0 Å². The molecular weight excluding hydrogens is 354 g/mol. The molecule has 0 atom stereocenters. The van der Waals surface area contributed by atoms with Gasteiger partial charge in [-0.1, -0.05) is 17.7 Å². The number of halogens is 1. The smallest absolute Gasteiger partial charge is 0.246 e. The van der Waals surface area contributed by atoms with Crippen LogP contribution in [0.1, 0.15) is 16.7 Å². The topological polar surface area (TPSA) is 98.0 Å². The summed E-state index contributed by atoms with van der Waals surface area (Å²) in [5, 5.41) is 14.1. The number of nitrogens with zero attached hydrogens (tertiary/aromatic N) is 6. The highest BCUT2D eigenvalue weighted by Crippen LogP contribution is 2.31. The highest BCUT2D eigenvalue weighted by molar-refractivity contribution is 6.34. The summed E-state index contributed by atoms with van der Waals surface area (Å²) >= 11 is 6.36. The maximum absolute atomic E-state index is 12.1. The molecule has 0 bridgehead atoms. The van der Waals surface area contributed by atoms with Crippen LogP contribution in [0.2, 0.25) is 5.02 Å². The van der Waals surface area contributed by atoms with E-state index in [1.54, 1.807) is 18.3 Å². The van der Waals surface area contributed by atoms with Crippen molar-refractivity contribution in [2.75, 3.05) is 5.32 Å². The van der Waals surface area contributed by atoms with E-state index in [0.717, 1.165) is 28.2 Å². The lowest BCUT2D eigenvalue weighted by molar-refractivity contribution is -0.116. The van der Waals surface area contributed by atoms with Crippen LogP contribution in [0, 0.1) is 6.92 Å². The second-order valence-electron chi connectivity index (χ2n) is 5.98. The Bertz CT molecular complexity index is 1010. The molecule has 0 unspecified atom stereocenters. The quantitative estimate of drug-likeness (QED) is 0.763. The summed E-state index contributed by atoms with van der Waals surface area (Å²) in [5.41, 5.74) is 4.41. The van der Waals surface area contributed by atoms with Gasteiger partial charge in [0, 0.05) is 34.5 Å². The van der Waals surface area contributed by atoms with Crippen molar-refractivity contribution in [1.82, 2.24) is 25.2 Å². The van der Waals surface area contributed by atoms with E-state index in [-0.39, 0.29) is 12.5 Å². The normalized spacial score (nSPS) is 12.6. The van der Waals surface area contributed by atoms with Crippen molar-refractivity contribution in [2.24, 2.45) is 4.99 Å². The van der Waals surface area contributed by atoms with E-state index in [1.165, 1.54) is 11.0 Å². The summed E-state index contributed by atoms with van der Waals surface area (Å²) in [5.74, 6) is 0.481. The molecule has 0 fully saturated rings. The summed E-state index contributed by atoms with van der Waals surface area (Å²) in [4.78, 5) is 21.1. The van der Waals surface area contributed by atoms with Gasteiger partial charge in [0.15, 0.2) is 5.82 Å². The van der Waals surface area contributed by atoms with Crippen LogP contribution in [-0.2, 0) is 17.8 Å². The number of benzene rings is 1. The van der Waals surface area contributed by atoms with Gasteiger partial charge in [0.25, 0.3) is 0 Å². The number of amides is 1. The van der Waals surface area contributed by atoms with E-state index in [2.05, 4.69) is 36.9 Å². The number of tetrazole rings is 1. The Morgan fingerprint density at radius 1 is 1.35 bits per heavy atom. The first kappa shape index (κ1) is 16.3. The molecule has 9 heteroatoms. The number of aryl methyl sites for hydroxylation is 1. The van der Waals surface area contributed by atoms with Gasteiger partial charge in [-0.15, -0.1) is 5.10 Å². The van der Waals surface area contributed by atoms with Crippen molar-refractivity contribution in [3.8, 4) is 0 Å². The summed E-state index contributed by atoms with van der Waals surface area (Å²) in [6.45, 7) is 2.03. The van der Waals surface area contributed by atoms with E-state index in [4.69, 9.17) is 11.6 Å². The molecule has 1 aliphatic heterocycles. The van der Waals surface area contributed by atoms with Gasteiger partial charge < -0.3 is 5.32 Å². The molecule has 0 radical (unpaired) electrons. The van der Waals surface area contributed by atoms with Crippen molar-refractivity contribution in [3.63, 3.8) is 0 Å². The highest BCUT2D eigenvalue weighted by Gasteiger charge is 2.20. The van der Waals surface area contributed by atoms with Gasteiger partial charge in [-0.2, -0.15) is 0 Å². The molecule has 1 N–H and O–H groups in total. The summed E-state index contributed by atoms with van der Waals surface area (Å²) in [7, 11) is 0. The van der Waals surface area contributed by atoms with E-state index in [1.807, 2.05) is 13.0 Å². The fourth-order valence-electron chi connectivity index (χ4n) is 2.78. The number of rotatable bonds is 4. The molecule has 1 amide bonds. The maximum atomic E-state index is 12.1. The lowest BCUT2D eigenvalue weighted by Crippen LogP contribution is -2.19. The van der Waals surface area contributed by atoms with E-state index in [9.17, 15) is 4.79 Å². The third-order valence-electron chi connectivity index (χ3n) is 3.94. The van der Waals surface area contributed by atoms with Gasteiger partial charge in [-0.3, -0.25) is 4.79 Å². The molecule has 8 nitrogen and oxygen atoms in total. The molecule has 1 aliphatic rings. The lowest BCUT2D eigenvalue weighted by atomic mass is 10.0. The molecule has 3 aromatic rings. The Morgan fingerprint density at radius 2 is 2.23 bits per heavy atom. The number of fused-ring (bicyclic) bond motifs is 1. The standard InChI is InChI=1S/C17H14ClN7O/c1-10-4-11-5-15(22-17(11)19-7-10)13-6-12(2-3-14(13)18)21-16(26)8-25-9-20-23-24-25/h2-4,6-7,9H,5,8H2,1H3,(H,21,26). The predicted octanol–water partition coefficient (Wildman–Crippen LogP) is 2.35. The van der Waals surface area contributed by atoms with Crippen molar-refractivity contribution >= 4 is 34.7 Å². The number of hydrogen-bond acceptors (Lipinski definition) is 6. The van der Waals surface area contributed by atoms with E-state index >= 15 is 0 Å². The number of hydrogen-bond donors (Lipinski definition) is 1. The number of aromatic nitrogens is 5. The van der Waals surface area contributed by atoms with Crippen molar-refractivity contribution in [1.29, 1.82) is 0 Å². The molecule has 0 saturated carbocycles. The third kappa shape index (κ3) is 3.31.